The van der Waals surface area contributed by atoms with Crippen LogP contribution < -0.4 is 10.5 Å². The lowest BCUT2D eigenvalue weighted by Crippen LogP contribution is -2.11. The van der Waals surface area contributed by atoms with Crippen LogP contribution in [0, 0.1) is 5.82 Å². The molecule has 0 radical (unpaired) electrons. The molecule has 2 aromatic rings. The van der Waals surface area contributed by atoms with Crippen LogP contribution in [0.5, 0.6) is 0 Å². The number of halogens is 3. The molecular weight excluding hydrogens is 358 g/mol. The van der Waals surface area contributed by atoms with E-state index in [1.165, 1.54) is 6.07 Å². The molecule has 2 rings (SSSR count). The first-order valence-corrected chi connectivity index (χ1v) is 8.85. The van der Waals surface area contributed by atoms with Crippen molar-refractivity contribution in [2.24, 2.45) is 5.73 Å². The minimum atomic E-state index is -3.77. The van der Waals surface area contributed by atoms with Gasteiger partial charge in [0, 0.05) is 4.88 Å². The number of sulfonamides is 1. The van der Waals surface area contributed by atoms with Crippen molar-refractivity contribution in [1.29, 1.82) is 0 Å². The fourth-order valence-corrected chi connectivity index (χ4v) is 4.50. The number of rotatable bonds is 5. The molecule has 0 atom stereocenters. The molecule has 0 bridgehead atoms. The largest absolute Gasteiger partial charge is 0.330 e. The van der Waals surface area contributed by atoms with E-state index in [1.807, 2.05) is 0 Å². The second-order valence-electron chi connectivity index (χ2n) is 4.12. The van der Waals surface area contributed by atoms with Crippen molar-refractivity contribution in [2.45, 2.75) is 10.6 Å². The van der Waals surface area contributed by atoms with E-state index in [-0.39, 0.29) is 19.9 Å². The number of nitrogens with one attached hydrogen (secondary N) is 1. The summed E-state index contributed by atoms with van der Waals surface area (Å²) in [6, 6.07) is 5.52. The molecule has 0 amide bonds. The van der Waals surface area contributed by atoms with Gasteiger partial charge in [0.15, 0.2) is 5.82 Å². The molecule has 1 heterocycles. The van der Waals surface area contributed by atoms with Crippen LogP contribution in [0.2, 0.25) is 10.0 Å². The van der Waals surface area contributed by atoms with E-state index in [9.17, 15) is 12.8 Å². The van der Waals surface area contributed by atoms with Gasteiger partial charge in [0.2, 0.25) is 0 Å². The molecule has 0 saturated heterocycles. The van der Waals surface area contributed by atoms with Crippen LogP contribution in [0.25, 0.3) is 0 Å². The lowest BCUT2D eigenvalue weighted by molar-refractivity contribution is 0.603. The summed E-state index contributed by atoms with van der Waals surface area (Å²) >= 11 is 12.4. The minimum Gasteiger partial charge on any atom is -0.330 e. The summed E-state index contributed by atoms with van der Waals surface area (Å²) in [5.74, 6) is -0.789. The Balaban J connectivity index is 2.28. The molecule has 0 aliphatic carbocycles. The zero-order chi connectivity index (χ0) is 15.6. The van der Waals surface area contributed by atoms with Crippen LogP contribution in [0.15, 0.2) is 28.5 Å². The van der Waals surface area contributed by atoms with Crippen LogP contribution in [-0.4, -0.2) is 15.0 Å². The van der Waals surface area contributed by atoms with Crippen molar-refractivity contribution in [3.05, 3.63) is 45.0 Å². The van der Waals surface area contributed by atoms with Gasteiger partial charge in [0.05, 0.1) is 15.7 Å². The maximum atomic E-state index is 13.3. The van der Waals surface area contributed by atoms with E-state index in [2.05, 4.69) is 4.72 Å². The zero-order valence-electron chi connectivity index (χ0n) is 10.6. The van der Waals surface area contributed by atoms with Gasteiger partial charge in [0.1, 0.15) is 4.21 Å². The van der Waals surface area contributed by atoms with Crippen molar-refractivity contribution in [2.75, 3.05) is 11.3 Å². The van der Waals surface area contributed by atoms with Gasteiger partial charge in [-0.25, -0.2) is 12.8 Å². The highest BCUT2D eigenvalue weighted by atomic mass is 35.5. The topological polar surface area (TPSA) is 72.2 Å². The summed E-state index contributed by atoms with van der Waals surface area (Å²) in [5, 5.41) is -0.509. The first-order valence-electron chi connectivity index (χ1n) is 5.79. The summed E-state index contributed by atoms with van der Waals surface area (Å²) in [6.07, 6.45) is 0.606. The van der Waals surface area contributed by atoms with Gasteiger partial charge < -0.3 is 5.73 Å². The van der Waals surface area contributed by atoms with Crippen LogP contribution in [0.3, 0.4) is 0 Å². The van der Waals surface area contributed by atoms with Crippen molar-refractivity contribution in [1.82, 2.24) is 0 Å². The molecule has 4 nitrogen and oxygen atoms in total. The van der Waals surface area contributed by atoms with E-state index >= 15 is 0 Å². The molecular formula is C12H11Cl2FN2O2S2. The van der Waals surface area contributed by atoms with Crippen LogP contribution in [0.4, 0.5) is 10.1 Å². The fourth-order valence-electron chi connectivity index (χ4n) is 1.60. The Bertz CT molecular complexity index is 739. The van der Waals surface area contributed by atoms with Gasteiger partial charge in [-0.2, -0.15) is 0 Å². The van der Waals surface area contributed by atoms with Crippen LogP contribution in [0.1, 0.15) is 4.88 Å². The van der Waals surface area contributed by atoms with E-state index in [4.69, 9.17) is 28.9 Å². The molecule has 0 unspecified atom stereocenters. The third-order valence-electron chi connectivity index (χ3n) is 2.53. The second-order valence-corrected chi connectivity index (χ2v) is 8.01. The van der Waals surface area contributed by atoms with Gasteiger partial charge >= 0.3 is 0 Å². The summed E-state index contributed by atoms with van der Waals surface area (Å²) in [5.41, 5.74) is 5.52. The van der Waals surface area contributed by atoms with Crippen LogP contribution >= 0.6 is 34.5 Å². The van der Waals surface area contributed by atoms with Crippen molar-refractivity contribution in [3.8, 4) is 0 Å². The summed E-state index contributed by atoms with van der Waals surface area (Å²) in [7, 11) is -3.77. The molecule has 0 spiro atoms. The average molecular weight is 369 g/mol. The molecule has 1 aromatic heterocycles. The van der Waals surface area contributed by atoms with E-state index < -0.39 is 15.8 Å². The standard InChI is InChI=1S/C12H11Cl2FN2O2S2/c13-9-5-7(6-10(14)12(9)15)17-21(18,19)11-2-1-8(20-11)3-4-16/h1-2,5-6,17H,3-4,16H2. The maximum Gasteiger partial charge on any atom is 0.271 e. The number of hydrogen-bond acceptors (Lipinski definition) is 4. The van der Waals surface area contributed by atoms with E-state index in [0.29, 0.717) is 13.0 Å². The zero-order valence-corrected chi connectivity index (χ0v) is 13.7. The first kappa shape index (κ1) is 16.5. The normalized spacial score (nSPS) is 11.6. The second kappa shape index (κ2) is 6.50. The Morgan fingerprint density at radius 2 is 1.86 bits per heavy atom. The lowest BCUT2D eigenvalue weighted by Gasteiger charge is -2.08. The first-order chi connectivity index (χ1) is 9.83. The molecule has 21 heavy (non-hydrogen) atoms. The van der Waals surface area contributed by atoms with Gasteiger partial charge in [0.25, 0.3) is 10.0 Å². The number of anilines is 1. The molecule has 3 N–H and O–H groups in total. The molecule has 0 aliphatic heterocycles. The van der Waals surface area contributed by atoms with Gasteiger partial charge in [-0.1, -0.05) is 23.2 Å². The molecule has 9 heteroatoms. The number of thiophene rings is 1. The van der Waals surface area contributed by atoms with Gasteiger partial charge in [-0.05, 0) is 37.2 Å². The predicted octanol–water partition coefficient (Wildman–Crippen LogP) is 3.50. The highest BCUT2D eigenvalue weighted by molar-refractivity contribution is 7.94. The smallest absolute Gasteiger partial charge is 0.271 e. The summed E-state index contributed by atoms with van der Waals surface area (Å²) in [4.78, 5) is 0.869. The highest BCUT2D eigenvalue weighted by Crippen LogP contribution is 2.30. The average Bonchev–Trinajstić information content (AvgIpc) is 2.85. The molecule has 0 aliphatic rings. The quantitative estimate of drug-likeness (QED) is 0.793. The molecule has 114 valence electrons. The monoisotopic (exact) mass is 368 g/mol. The Morgan fingerprint density at radius 3 is 2.43 bits per heavy atom. The van der Waals surface area contributed by atoms with E-state index in [0.717, 1.165) is 28.3 Å². The number of hydrogen-bond donors (Lipinski definition) is 2. The number of benzene rings is 1. The molecule has 0 saturated carbocycles. The number of nitrogens with two attached hydrogens (primary N) is 1. The third kappa shape index (κ3) is 3.87. The van der Waals surface area contributed by atoms with E-state index in [1.54, 1.807) is 6.07 Å². The Morgan fingerprint density at radius 1 is 1.24 bits per heavy atom. The molecule has 0 fully saturated rings. The van der Waals surface area contributed by atoms with Crippen molar-refractivity contribution >= 4 is 50.2 Å². The van der Waals surface area contributed by atoms with Gasteiger partial charge in [-0.15, -0.1) is 11.3 Å². The Hall–Kier alpha value is -0.860. The van der Waals surface area contributed by atoms with Crippen molar-refractivity contribution in [3.63, 3.8) is 0 Å². The van der Waals surface area contributed by atoms with Crippen LogP contribution in [-0.2, 0) is 16.4 Å². The summed E-state index contributed by atoms with van der Waals surface area (Å²) < 4.78 is 40.2. The summed E-state index contributed by atoms with van der Waals surface area (Å²) in [6.45, 7) is 0.441. The highest BCUT2D eigenvalue weighted by Gasteiger charge is 2.18. The minimum absolute atomic E-state index is 0.0974. The maximum absolute atomic E-state index is 13.3. The Labute approximate surface area is 135 Å². The fraction of sp³-hybridized carbons (Fsp3) is 0.167. The predicted molar refractivity (Wildman–Crippen MR) is 84.3 cm³/mol. The third-order valence-corrected chi connectivity index (χ3v) is 6.10. The van der Waals surface area contributed by atoms with Gasteiger partial charge in [-0.3, -0.25) is 4.72 Å². The molecule has 1 aromatic carbocycles. The van der Waals surface area contributed by atoms with Crippen molar-refractivity contribution < 1.29 is 12.8 Å². The SMILES string of the molecule is NCCc1ccc(S(=O)(=O)Nc2cc(Cl)c(F)c(Cl)c2)s1. The lowest BCUT2D eigenvalue weighted by atomic mass is 10.3. The Kier molecular flexibility index (Phi) is 5.11.